The summed E-state index contributed by atoms with van der Waals surface area (Å²) in [4.78, 5) is 10.8. The number of fused-ring (bicyclic) bond motifs is 1. The Morgan fingerprint density at radius 3 is 2.49 bits per heavy atom. The van der Waals surface area contributed by atoms with Crippen molar-refractivity contribution in [3.8, 4) is 6.07 Å². The molecule has 1 atom stereocenters. The van der Waals surface area contributed by atoms with Crippen LogP contribution < -0.4 is 10.6 Å². The molecule has 0 amide bonds. The van der Waals surface area contributed by atoms with E-state index in [4.69, 9.17) is 23.2 Å². The lowest BCUT2D eigenvalue weighted by molar-refractivity contribution is 0.0866. The number of halogens is 3. The van der Waals surface area contributed by atoms with Gasteiger partial charge in [0.1, 0.15) is 11.8 Å². The van der Waals surface area contributed by atoms with E-state index in [0.717, 1.165) is 37.2 Å². The molecule has 12 heteroatoms. The predicted octanol–water partition coefficient (Wildman–Crippen LogP) is 7.92. The van der Waals surface area contributed by atoms with Gasteiger partial charge in [0.25, 0.3) is 0 Å². The molecule has 1 fully saturated rings. The molecule has 1 aliphatic heterocycles. The number of pyridine rings is 2. The first-order valence-corrected chi connectivity index (χ1v) is 15.4. The Balaban J connectivity index is 1.36. The number of aromatic nitrogens is 5. The highest BCUT2D eigenvalue weighted by atomic mass is 35.5. The summed E-state index contributed by atoms with van der Waals surface area (Å²) in [6.45, 7) is 8.76. The molecule has 230 valence electrons. The quantitative estimate of drug-likeness (QED) is 0.172. The number of likely N-dealkylation sites (tertiary alicyclic amines) is 1. The van der Waals surface area contributed by atoms with Gasteiger partial charge in [-0.25, -0.2) is 9.67 Å². The largest absolute Gasteiger partial charge is 0.371 e. The summed E-state index contributed by atoms with van der Waals surface area (Å²) in [6, 6.07) is 17.0. The number of benzene rings is 2. The standard InChI is InChI=1S/C33H32Cl2FN9/c1-33(2,3)44-11-9-24(10-12-44)45-19-28(42-43-45)30(20-7-5-4-6-8-20)41-27-14-22(34)13-25-29(21(16-37)17-38-31(25)27)40-23-15-26(35)32(36)39-18-23/h4-8,13-15,17-19,24,30,41H,9-12H2,1-3H3,(H,38,40)/t30-/m0/s1. The number of nitrogens with one attached hydrogen (secondary N) is 2. The summed E-state index contributed by atoms with van der Waals surface area (Å²) < 4.78 is 15.7. The topological polar surface area (TPSA) is 108 Å². The van der Waals surface area contributed by atoms with Crippen LogP contribution >= 0.6 is 23.2 Å². The summed E-state index contributed by atoms with van der Waals surface area (Å²) in [7, 11) is 0. The summed E-state index contributed by atoms with van der Waals surface area (Å²) in [5, 5.41) is 26.8. The van der Waals surface area contributed by atoms with E-state index >= 15 is 0 Å². The highest BCUT2D eigenvalue weighted by Gasteiger charge is 2.29. The molecule has 0 radical (unpaired) electrons. The number of piperidine rings is 1. The lowest BCUT2D eigenvalue weighted by Gasteiger charge is -2.40. The van der Waals surface area contributed by atoms with Gasteiger partial charge in [-0.3, -0.25) is 9.88 Å². The van der Waals surface area contributed by atoms with Gasteiger partial charge in [0.05, 0.1) is 57.6 Å². The van der Waals surface area contributed by atoms with Crippen molar-refractivity contribution in [3.05, 3.63) is 99.9 Å². The minimum Gasteiger partial charge on any atom is -0.371 e. The van der Waals surface area contributed by atoms with Crippen LogP contribution in [-0.4, -0.2) is 48.5 Å². The normalized spacial score (nSPS) is 15.1. The van der Waals surface area contributed by atoms with Gasteiger partial charge in [-0.05, 0) is 57.4 Å². The first-order valence-electron chi connectivity index (χ1n) is 14.7. The Kier molecular flexibility index (Phi) is 8.60. The maximum Gasteiger partial charge on any atom is 0.231 e. The second kappa shape index (κ2) is 12.6. The Morgan fingerprint density at radius 2 is 1.80 bits per heavy atom. The Bertz CT molecular complexity index is 1870. The molecular weight excluding hydrogens is 612 g/mol. The monoisotopic (exact) mass is 643 g/mol. The first-order chi connectivity index (χ1) is 21.6. The molecule has 3 aromatic heterocycles. The van der Waals surface area contributed by atoms with Crippen LogP contribution in [0.5, 0.6) is 0 Å². The fourth-order valence-electron chi connectivity index (χ4n) is 5.76. The van der Waals surface area contributed by atoms with Gasteiger partial charge < -0.3 is 10.6 Å². The molecule has 2 aromatic carbocycles. The number of nitrogens with zero attached hydrogens (tertiary/aromatic N) is 7. The molecule has 1 saturated heterocycles. The van der Waals surface area contributed by atoms with Crippen LogP contribution in [0.1, 0.15) is 62.5 Å². The maximum absolute atomic E-state index is 13.7. The molecule has 9 nitrogen and oxygen atoms in total. The van der Waals surface area contributed by atoms with Gasteiger partial charge in [-0.1, -0.05) is 58.7 Å². The Hall–Kier alpha value is -4.30. The van der Waals surface area contributed by atoms with Crippen LogP contribution in [0.2, 0.25) is 10.0 Å². The third kappa shape index (κ3) is 6.57. The number of nitriles is 1. The van der Waals surface area contributed by atoms with E-state index in [1.807, 2.05) is 41.2 Å². The first kappa shape index (κ1) is 30.7. The minimum absolute atomic E-state index is 0.140. The second-order valence-electron chi connectivity index (χ2n) is 12.1. The lowest BCUT2D eigenvalue weighted by atomic mass is 9.98. The van der Waals surface area contributed by atoms with Gasteiger partial charge in [0.2, 0.25) is 5.95 Å². The Morgan fingerprint density at radius 1 is 1.04 bits per heavy atom. The molecule has 2 N–H and O–H groups in total. The molecule has 0 unspecified atom stereocenters. The highest BCUT2D eigenvalue weighted by Crippen LogP contribution is 2.38. The van der Waals surface area contributed by atoms with Crippen molar-refractivity contribution in [2.75, 3.05) is 23.7 Å². The van der Waals surface area contributed by atoms with Crippen molar-refractivity contribution in [3.63, 3.8) is 0 Å². The van der Waals surface area contributed by atoms with Gasteiger partial charge in [0, 0.05) is 35.2 Å². The van der Waals surface area contributed by atoms with E-state index in [9.17, 15) is 9.65 Å². The van der Waals surface area contributed by atoms with Gasteiger partial charge >= 0.3 is 0 Å². The average Bonchev–Trinajstić information content (AvgIpc) is 3.52. The van der Waals surface area contributed by atoms with Gasteiger partial charge in [-0.15, -0.1) is 5.10 Å². The van der Waals surface area contributed by atoms with Crippen LogP contribution in [0.15, 0.2) is 67.1 Å². The molecule has 5 aromatic rings. The molecule has 0 spiro atoms. The molecule has 0 aliphatic carbocycles. The highest BCUT2D eigenvalue weighted by molar-refractivity contribution is 6.32. The lowest BCUT2D eigenvalue weighted by Crippen LogP contribution is -2.46. The number of anilines is 3. The average molecular weight is 645 g/mol. The summed E-state index contributed by atoms with van der Waals surface area (Å²) in [5.74, 6) is -0.781. The van der Waals surface area contributed by atoms with Crippen LogP contribution in [-0.2, 0) is 0 Å². The summed E-state index contributed by atoms with van der Waals surface area (Å²) in [5.41, 5.74) is 4.23. The number of hydrogen-bond donors (Lipinski definition) is 2. The molecule has 0 saturated carbocycles. The summed E-state index contributed by atoms with van der Waals surface area (Å²) in [6.07, 6.45) is 6.81. The van der Waals surface area contributed by atoms with Crippen molar-refractivity contribution in [1.82, 2.24) is 29.9 Å². The fourth-order valence-corrected chi connectivity index (χ4v) is 6.15. The fraction of sp³-hybridized carbons (Fsp3) is 0.303. The summed E-state index contributed by atoms with van der Waals surface area (Å²) >= 11 is 12.6. The minimum atomic E-state index is -0.781. The zero-order valence-electron chi connectivity index (χ0n) is 25.1. The van der Waals surface area contributed by atoms with E-state index < -0.39 is 5.95 Å². The third-order valence-electron chi connectivity index (χ3n) is 8.17. The maximum atomic E-state index is 13.7. The van der Waals surface area contributed by atoms with Crippen molar-refractivity contribution >= 4 is 51.2 Å². The number of rotatable bonds is 7. The van der Waals surface area contributed by atoms with Crippen LogP contribution in [0, 0.1) is 17.3 Å². The van der Waals surface area contributed by atoms with E-state index in [1.165, 1.54) is 18.5 Å². The predicted molar refractivity (Wildman–Crippen MR) is 175 cm³/mol. The van der Waals surface area contributed by atoms with Crippen molar-refractivity contribution in [2.45, 2.75) is 51.2 Å². The molecule has 1 aliphatic rings. The third-order valence-corrected chi connectivity index (χ3v) is 8.65. The van der Waals surface area contributed by atoms with Crippen molar-refractivity contribution < 1.29 is 4.39 Å². The van der Waals surface area contributed by atoms with Crippen LogP contribution in [0.3, 0.4) is 0 Å². The zero-order valence-corrected chi connectivity index (χ0v) is 26.6. The van der Waals surface area contributed by atoms with Gasteiger partial charge in [0.15, 0.2) is 0 Å². The van der Waals surface area contributed by atoms with Crippen molar-refractivity contribution in [2.24, 2.45) is 0 Å². The second-order valence-corrected chi connectivity index (χ2v) is 13.0. The molecule has 0 bridgehead atoms. The zero-order chi connectivity index (χ0) is 31.7. The van der Waals surface area contributed by atoms with Gasteiger partial charge in [-0.2, -0.15) is 9.65 Å². The molecule has 4 heterocycles. The Labute approximate surface area is 271 Å². The molecular formula is C33H32Cl2FN9. The van der Waals surface area contributed by atoms with Crippen molar-refractivity contribution in [1.29, 1.82) is 5.26 Å². The van der Waals surface area contributed by atoms with E-state index in [-0.39, 0.29) is 28.2 Å². The molecule has 6 rings (SSSR count). The van der Waals surface area contributed by atoms with Crippen LogP contribution in [0.25, 0.3) is 10.9 Å². The SMILES string of the molecule is CC(C)(C)N1CCC(n2cc([C@@H](Nc3cc(Cl)cc4c(Nc5cnc(F)c(Cl)c5)c(C#N)cnc34)c3ccccc3)nn2)CC1. The van der Waals surface area contributed by atoms with E-state index in [0.29, 0.717) is 33.0 Å². The smallest absolute Gasteiger partial charge is 0.231 e. The van der Waals surface area contributed by atoms with E-state index in [1.54, 1.807) is 12.1 Å². The van der Waals surface area contributed by atoms with Crippen LogP contribution in [0.4, 0.5) is 21.5 Å². The molecule has 45 heavy (non-hydrogen) atoms. The van der Waals surface area contributed by atoms with E-state index in [2.05, 4.69) is 62.7 Å². The number of hydrogen-bond acceptors (Lipinski definition) is 8.